The summed E-state index contributed by atoms with van der Waals surface area (Å²) in [5.74, 6) is 2.34. The monoisotopic (exact) mass is 457 g/mol. The van der Waals surface area contributed by atoms with Crippen LogP contribution >= 0.6 is 0 Å². The first-order valence-electron chi connectivity index (χ1n) is 13.1. The molecule has 4 aliphatic rings. The lowest BCUT2D eigenvalue weighted by molar-refractivity contribution is -0.140. The molecule has 1 aromatic rings. The standard InChI is InChI=1S/C25H39N5O3/c1-18(2)22-26-27-23(33-22)20-15-25(9-13-29(14-10-25)24(32)19-7-6-8-19)17-30(20)16-21(31)28-11-4-3-5-12-28/h18-20H,3-17H2,1-2H3. The van der Waals surface area contributed by atoms with Crippen molar-refractivity contribution in [2.45, 2.75) is 83.6 Å². The van der Waals surface area contributed by atoms with Crippen LogP contribution in [-0.4, -0.2) is 76.0 Å². The van der Waals surface area contributed by atoms with E-state index in [0.29, 0.717) is 24.2 Å². The predicted octanol–water partition coefficient (Wildman–Crippen LogP) is 3.36. The van der Waals surface area contributed by atoms with Crippen molar-refractivity contribution in [2.75, 3.05) is 39.3 Å². The van der Waals surface area contributed by atoms with Gasteiger partial charge >= 0.3 is 0 Å². The number of likely N-dealkylation sites (tertiary alicyclic amines) is 3. The van der Waals surface area contributed by atoms with Gasteiger partial charge in [0.2, 0.25) is 23.6 Å². The molecule has 3 aliphatic heterocycles. The molecule has 8 nitrogen and oxygen atoms in total. The predicted molar refractivity (Wildman–Crippen MR) is 123 cm³/mol. The summed E-state index contributed by atoms with van der Waals surface area (Å²) in [7, 11) is 0. The molecular formula is C25H39N5O3. The van der Waals surface area contributed by atoms with Crippen LogP contribution in [0.5, 0.6) is 0 Å². The molecule has 1 atom stereocenters. The van der Waals surface area contributed by atoms with Crippen molar-refractivity contribution in [1.82, 2.24) is 24.9 Å². The molecule has 33 heavy (non-hydrogen) atoms. The van der Waals surface area contributed by atoms with Crippen molar-refractivity contribution in [2.24, 2.45) is 11.3 Å². The van der Waals surface area contributed by atoms with Gasteiger partial charge in [-0.2, -0.15) is 0 Å². The highest BCUT2D eigenvalue weighted by Gasteiger charge is 2.49. The summed E-state index contributed by atoms with van der Waals surface area (Å²) < 4.78 is 6.08. The minimum absolute atomic E-state index is 0.0207. The fourth-order valence-electron chi connectivity index (χ4n) is 6.06. The van der Waals surface area contributed by atoms with Gasteiger partial charge in [-0.25, -0.2) is 0 Å². The lowest BCUT2D eigenvalue weighted by atomic mass is 9.75. The van der Waals surface area contributed by atoms with Gasteiger partial charge in [0.25, 0.3) is 0 Å². The fourth-order valence-corrected chi connectivity index (χ4v) is 6.06. The average Bonchev–Trinajstić information content (AvgIpc) is 3.39. The van der Waals surface area contributed by atoms with Crippen molar-refractivity contribution in [3.8, 4) is 0 Å². The average molecular weight is 458 g/mol. The first kappa shape index (κ1) is 22.8. The lowest BCUT2D eigenvalue weighted by Crippen LogP contribution is -2.48. The molecule has 1 saturated carbocycles. The molecule has 0 N–H and O–H groups in total. The highest BCUT2D eigenvalue weighted by Crippen LogP contribution is 2.49. The Bertz CT molecular complexity index is 850. The topological polar surface area (TPSA) is 82.8 Å². The van der Waals surface area contributed by atoms with Gasteiger partial charge in [0.15, 0.2) is 0 Å². The second kappa shape index (κ2) is 9.35. The normalized spacial score (nSPS) is 26.2. The van der Waals surface area contributed by atoms with Crippen LogP contribution in [0.3, 0.4) is 0 Å². The van der Waals surface area contributed by atoms with E-state index in [0.717, 1.165) is 77.7 Å². The quantitative estimate of drug-likeness (QED) is 0.674. The van der Waals surface area contributed by atoms with Crippen LogP contribution in [0.25, 0.3) is 0 Å². The van der Waals surface area contributed by atoms with Crippen LogP contribution < -0.4 is 0 Å². The molecule has 1 aromatic heterocycles. The number of hydrogen-bond acceptors (Lipinski definition) is 6. The first-order valence-corrected chi connectivity index (χ1v) is 13.1. The number of aromatic nitrogens is 2. The largest absolute Gasteiger partial charge is 0.423 e. The van der Waals surface area contributed by atoms with E-state index in [2.05, 4.69) is 33.8 Å². The lowest BCUT2D eigenvalue weighted by Gasteiger charge is -2.41. The molecule has 0 bridgehead atoms. The maximum atomic E-state index is 13.1. The van der Waals surface area contributed by atoms with Gasteiger partial charge in [0.1, 0.15) is 0 Å². The molecule has 1 spiro atoms. The molecule has 3 saturated heterocycles. The summed E-state index contributed by atoms with van der Waals surface area (Å²) in [5, 5.41) is 8.68. The summed E-state index contributed by atoms with van der Waals surface area (Å²) in [6.45, 7) is 8.80. The van der Waals surface area contributed by atoms with E-state index in [4.69, 9.17) is 4.42 Å². The maximum absolute atomic E-state index is 13.1. The van der Waals surface area contributed by atoms with Gasteiger partial charge in [-0.05, 0) is 56.8 Å². The third kappa shape index (κ3) is 4.68. The maximum Gasteiger partial charge on any atom is 0.236 e. The molecule has 5 rings (SSSR count). The van der Waals surface area contributed by atoms with Crippen molar-refractivity contribution >= 4 is 11.8 Å². The van der Waals surface area contributed by atoms with E-state index in [-0.39, 0.29) is 29.2 Å². The highest BCUT2D eigenvalue weighted by molar-refractivity contribution is 5.80. The van der Waals surface area contributed by atoms with E-state index in [1.807, 2.05) is 4.90 Å². The summed E-state index contributed by atoms with van der Waals surface area (Å²) in [6, 6.07) is -0.0207. The molecule has 4 fully saturated rings. The SMILES string of the molecule is CC(C)c1nnc(C2CC3(CCN(C(=O)C4CCC4)CC3)CN2CC(=O)N2CCCCC2)o1. The van der Waals surface area contributed by atoms with Crippen LogP contribution in [0.2, 0.25) is 0 Å². The van der Waals surface area contributed by atoms with Crippen LogP contribution in [0, 0.1) is 11.3 Å². The number of nitrogens with zero attached hydrogens (tertiary/aromatic N) is 5. The Morgan fingerprint density at radius 1 is 1.00 bits per heavy atom. The Balaban J connectivity index is 1.29. The molecule has 8 heteroatoms. The van der Waals surface area contributed by atoms with Gasteiger partial charge in [-0.15, -0.1) is 10.2 Å². The number of carbonyl (C=O) groups excluding carboxylic acids is 2. The Kier molecular flexibility index (Phi) is 6.47. The van der Waals surface area contributed by atoms with Gasteiger partial charge < -0.3 is 14.2 Å². The summed E-state index contributed by atoms with van der Waals surface area (Å²) >= 11 is 0. The first-order chi connectivity index (χ1) is 15.9. The van der Waals surface area contributed by atoms with Crippen LogP contribution in [0.15, 0.2) is 4.42 Å². The number of rotatable bonds is 5. The summed E-state index contributed by atoms with van der Waals surface area (Å²) in [5.41, 5.74) is 0.107. The number of hydrogen-bond donors (Lipinski definition) is 0. The molecule has 2 amide bonds. The van der Waals surface area contributed by atoms with Crippen molar-refractivity contribution in [1.29, 1.82) is 0 Å². The van der Waals surface area contributed by atoms with Gasteiger partial charge in [-0.3, -0.25) is 14.5 Å². The molecule has 1 aliphatic carbocycles. The van der Waals surface area contributed by atoms with Gasteiger partial charge in [0, 0.05) is 44.6 Å². The smallest absolute Gasteiger partial charge is 0.236 e. The Morgan fingerprint density at radius 2 is 1.73 bits per heavy atom. The fraction of sp³-hybridized carbons (Fsp3) is 0.840. The molecule has 182 valence electrons. The summed E-state index contributed by atoms with van der Waals surface area (Å²) in [4.78, 5) is 32.3. The Hall–Kier alpha value is -1.96. The number of amides is 2. The zero-order valence-electron chi connectivity index (χ0n) is 20.3. The zero-order valence-corrected chi connectivity index (χ0v) is 20.3. The second-order valence-electron chi connectivity index (χ2n) is 11.2. The van der Waals surface area contributed by atoms with Crippen LogP contribution in [-0.2, 0) is 9.59 Å². The number of piperidine rings is 2. The van der Waals surface area contributed by atoms with E-state index < -0.39 is 0 Å². The molecule has 4 heterocycles. The Morgan fingerprint density at radius 3 is 2.33 bits per heavy atom. The second-order valence-corrected chi connectivity index (χ2v) is 11.2. The van der Waals surface area contributed by atoms with Crippen molar-refractivity contribution < 1.29 is 14.0 Å². The number of carbonyl (C=O) groups is 2. The highest BCUT2D eigenvalue weighted by atomic mass is 16.4. The van der Waals surface area contributed by atoms with E-state index in [9.17, 15) is 9.59 Å². The Labute approximate surface area is 197 Å². The zero-order chi connectivity index (χ0) is 23.0. The van der Waals surface area contributed by atoms with Gasteiger partial charge in [-0.1, -0.05) is 20.3 Å². The minimum Gasteiger partial charge on any atom is -0.423 e. The van der Waals surface area contributed by atoms with Crippen LogP contribution in [0.4, 0.5) is 0 Å². The minimum atomic E-state index is -0.0207. The molecule has 0 radical (unpaired) electrons. The molecule has 0 aromatic carbocycles. The van der Waals surface area contributed by atoms with Gasteiger partial charge in [0.05, 0.1) is 12.6 Å². The van der Waals surface area contributed by atoms with Crippen molar-refractivity contribution in [3.05, 3.63) is 11.8 Å². The van der Waals surface area contributed by atoms with Crippen molar-refractivity contribution in [3.63, 3.8) is 0 Å². The molecule has 1 unspecified atom stereocenters. The third-order valence-corrected chi connectivity index (χ3v) is 8.48. The van der Waals surface area contributed by atoms with E-state index in [1.54, 1.807) is 0 Å². The third-order valence-electron chi connectivity index (χ3n) is 8.48. The molecular weight excluding hydrogens is 418 g/mol. The van der Waals surface area contributed by atoms with E-state index >= 15 is 0 Å². The summed E-state index contributed by atoms with van der Waals surface area (Å²) in [6.07, 6.45) is 9.63. The van der Waals surface area contributed by atoms with Crippen LogP contribution in [0.1, 0.15) is 95.4 Å². The van der Waals surface area contributed by atoms with E-state index in [1.165, 1.54) is 12.8 Å².